The van der Waals surface area contributed by atoms with Gasteiger partial charge in [-0.2, -0.15) is 0 Å². The standard InChI is InChI=1S/C21H21N3O4/c1-26-17-11-16(12-18(27-2)20(17)28-3)24-21(25)14-9-10-19(22-13-14)23-15-7-5-4-6-8-15/h4-13H,1-3H3,(H,22,23)(H,24,25). The van der Waals surface area contributed by atoms with Gasteiger partial charge >= 0.3 is 0 Å². The molecule has 7 heteroatoms. The molecule has 0 aliphatic heterocycles. The van der Waals surface area contributed by atoms with Crippen LogP contribution >= 0.6 is 0 Å². The molecule has 0 aliphatic rings. The van der Waals surface area contributed by atoms with Crippen molar-refractivity contribution in [1.82, 2.24) is 4.98 Å². The molecule has 0 atom stereocenters. The molecule has 3 aromatic rings. The van der Waals surface area contributed by atoms with Crippen molar-refractivity contribution in [3.05, 3.63) is 66.4 Å². The fraction of sp³-hybridized carbons (Fsp3) is 0.143. The van der Waals surface area contributed by atoms with Crippen molar-refractivity contribution < 1.29 is 19.0 Å². The molecule has 144 valence electrons. The van der Waals surface area contributed by atoms with Crippen molar-refractivity contribution in [2.24, 2.45) is 0 Å². The number of hydrogen-bond acceptors (Lipinski definition) is 6. The molecule has 28 heavy (non-hydrogen) atoms. The van der Waals surface area contributed by atoms with E-state index >= 15 is 0 Å². The third kappa shape index (κ3) is 4.32. The molecule has 1 amide bonds. The second kappa shape index (κ2) is 8.77. The van der Waals surface area contributed by atoms with Gasteiger partial charge in [-0.15, -0.1) is 0 Å². The normalized spacial score (nSPS) is 10.1. The van der Waals surface area contributed by atoms with E-state index in [1.54, 1.807) is 24.3 Å². The summed E-state index contributed by atoms with van der Waals surface area (Å²) in [5.74, 6) is 1.72. The van der Waals surface area contributed by atoms with E-state index in [9.17, 15) is 4.79 Å². The Balaban J connectivity index is 1.74. The molecule has 0 aliphatic carbocycles. The first-order valence-electron chi connectivity index (χ1n) is 8.54. The molecule has 0 fully saturated rings. The highest BCUT2D eigenvalue weighted by Gasteiger charge is 2.15. The molecule has 1 heterocycles. The molecule has 0 spiro atoms. The minimum absolute atomic E-state index is 0.298. The number of nitrogens with zero attached hydrogens (tertiary/aromatic N) is 1. The lowest BCUT2D eigenvalue weighted by molar-refractivity contribution is 0.102. The zero-order chi connectivity index (χ0) is 19.9. The van der Waals surface area contributed by atoms with Crippen LogP contribution in [-0.4, -0.2) is 32.2 Å². The van der Waals surface area contributed by atoms with Crippen LogP contribution in [0, 0.1) is 0 Å². The molecule has 7 nitrogen and oxygen atoms in total. The van der Waals surface area contributed by atoms with Gasteiger partial charge in [-0.3, -0.25) is 4.79 Å². The Kier molecular flexibility index (Phi) is 5.96. The largest absolute Gasteiger partial charge is 0.493 e. The molecule has 3 rings (SSSR count). The number of carbonyl (C=O) groups is 1. The smallest absolute Gasteiger partial charge is 0.257 e. The Bertz CT molecular complexity index is 919. The van der Waals surface area contributed by atoms with E-state index in [1.807, 2.05) is 30.3 Å². The number of amides is 1. The van der Waals surface area contributed by atoms with Gasteiger partial charge in [0.1, 0.15) is 5.82 Å². The zero-order valence-corrected chi connectivity index (χ0v) is 15.9. The summed E-state index contributed by atoms with van der Waals surface area (Å²) in [4.78, 5) is 16.8. The number of methoxy groups -OCH3 is 3. The topological polar surface area (TPSA) is 81.7 Å². The van der Waals surface area contributed by atoms with Gasteiger partial charge in [0.2, 0.25) is 5.75 Å². The van der Waals surface area contributed by atoms with Crippen molar-refractivity contribution in [3.63, 3.8) is 0 Å². The summed E-state index contributed by atoms with van der Waals surface area (Å²) in [6, 6.07) is 16.5. The van der Waals surface area contributed by atoms with Crippen LogP contribution in [0.25, 0.3) is 0 Å². The quantitative estimate of drug-likeness (QED) is 0.643. The van der Waals surface area contributed by atoms with E-state index in [0.717, 1.165) is 5.69 Å². The second-order valence-corrected chi connectivity index (χ2v) is 5.79. The number of carbonyl (C=O) groups excluding carboxylic acids is 1. The average molecular weight is 379 g/mol. The summed E-state index contributed by atoms with van der Waals surface area (Å²) < 4.78 is 15.9. The number of para-hydroxylation sites is 1. The highest BCUT2D eigenvalue weighted by atomic mass is 16.5. The number of anilines is 3. The van der Waals surface area contributed by atoms with Gasteiger partial charge < -0.3 is 24.8 Å². The fourth-order valence-electron chi connectivity index (χ4n) is 2.63. The number of ether oxygens (including phenoxy) is 3. The zero-order valence-electron chi connectivity index (χ0n) is 15.9. The molecule has 1 aromatic heterocycles. The Morgan fingerprint density at radius 1 is 0.857 bits per heavy atom. The maximum Gasteiger partial charge on any atom is 0.257 e. The van der Waals surface area contributed by atoms with Crippen LogP contribution in [0.3, 0.4) is 0 Å². The summed E-state index contributed by atoms with van der Waals surface area (Å²) in [6.07, 6.45) is 1.51. The Morgan fingerprint density at radius 3 is 2.07 bits per heavy atom. The maximum absolute atomic E-state index is 12.6. The molecule has 2 N–H and O–H groups in total. The van der Waals surface area contributed by atoms with Gasteiger partial charge in [0.25, 0.3) is 5.91 Å². The van der Waals surface area contributed by atoms with Crippen LogP contribution in [-0.2, 0) is 0 Å². The molecule has 0 saturated heterocycles. The monoisotopic (exact) mass is 379 g/mol. The highest BCUT2D eigenvalue weighted by Crippen LogP contribution is 2.40. The highest BCUT2D eigenvalue weighted by molar-refractivity contribution is 6.04. The van der Waals surface area contributed by atoms with E-state index < -0.39 is 0 Å². The Hall–Kier alpha value is -3.74. The molecular weight excluding hydrogens is 358 g/mol. The van der Waals surface area contributed by atoms with Crippen molar-refractivity contribution in [3.8, 4) is 17.2 Å². The average Bonchev–Trinajstić information content (AvgIpc) is 2.74. The summed E-state index contributed by atoms with van der Waals surface area (Å²) in [7, 11) is 4.56. The van der Waals surface area contributed by atoms with Gasteiger partial charge in [0.05, 0.1) is 26.9 Å². The van der Waals surface area contributed by atoms with Crippen molar-refractivity contribution in [1.29, 1.82) is 0 Å². The van der Waals surface area contributed by atoms with E-state index in [4.69, 9.17) is 14.2 Å². The lowest BCUT2D eigenvalue weighted by Gasteiger charge is -2.14. The number of hydrogen-bond donors (Lipinski definition) is 2. The molecule has 0 bridgehead atoms. The first-order valence-corrected chi connectivity index (χ1v) is 8.54. The number of benzene rings is 2. The third-order valence-corrected chi connectivity index (χ3v) is 3.99. The number of aromatic nitrogens is 1. The van der Waals surface area contributed by atoms with E-state index in [2.05, 4.69) is 15.6 Å². The number of nitrogens with one attached hydrogen (secondary N) is 2. The summed E-state index contributed by atoms with van der Waals surface area (Å²) in [6.45, 7) is 0. The summed E-state index contributed by atoms with van der Waals surface area (Å²) >= 11 is 0. The SMILES string of the molecule is COc1cc(NC(=O)c2ccc(Nc3ccccc3)nc2)cc(OC)c1OC. The van der Waals surface area contributed by atoms with Gasteiger partial charge in [-0.1, -0.05) is 18.2 Å². The van der Waals surface area contributed by atoms with Crippen LogP contribution in [0.2, 0.25) is 0 Å². The molecule has 2 aromatic carbocycles. The van der Waals surface area contributed by atoms with Gasteiger partial charge in [0.15, 0.2) is 11.5 Å². The fourth-order valence-corrected chi connectivity index (χ4v) is 2.63. The maximum atomic E-state index is 12.6. The first kappa shape index (κ1) is 19.0. The van der Waals surface area contributed by atoms with E-state index in [-0.39, 0.29) is 5.91 Å². The van der Waals surface area contributed by atoms with Gasteiger partial charge in [-0.05, 0) is 24.3 Å². The molecular formula is C21H21N3O4. The number of rotatable bonds is 7. The van der Waals surface area contributed by atoms with Crippen LogP contribution in [0.4, 0.5) is 17.2 Å². The summed E-state index contributed by atoms with van der Waals surface area (Å²) in [5, 5.41) is 5.99. The van der Waals surface area contributed by atoms with E-state index in [1.165, 1.54) is 27.5 Å². The molecule has 0 radical (unpaired) electrons. The lowest BCUT2D eigenvalue weighted by atomic mass is 10.2. The number of pyridine rings is 1. The minimum Gasteiger partial charge on any atom is -0.493 e. The first-order chi connectivity index (χ1) is 13.6. The van der Waals surface area contributed by atoms with Crippen LogP contribution in [0.5, 0.6) is 17.2 Å². The summed E-state index contributed by atoms with van der Waals surface area (Å²) in [5.41, 5.74) is 1.86. The lowest BCUT2D eigenvalue weighted by Crippen LogP contribution is -2.12. The van der Waals surface area contributed by atoms with Crippen molar-refractivity contribution in [2.75, 3.05) is 32.0 Å². The Morgan fingerprint density at radius 2 is 1.54 bits per heavy atom. The molecule has 0 saturated carbocycles. The second-order valence-electron chi connectivity index (χ2n) is 5.79. The van der Waals surface area contributed by atoms with Gasteiger partial charge in [-0.25, -0.2) is 4.98 Å². The van der Waals surface area contributed by atoms with Crippen molar-refractivity contribution >= 4 is 23.1 Å². The third-order valence-electron chi connectivity index (χ3n) is 3.99. The van der Waals surface area contributed by atoms with Gasteiger partial charge in [0, 0.05) is 29.7 Å². The van der Waals surface area contributed by atoms with E-state index in [0.29, 0.717) is 34.3 Å². The predicted octanol–water partition coefficient (Wildman–Crippen LogP) is 4.10. The molecule has 0 unspecified atom stereocenters. The predicted molar refractivity (Wildman–Crippen MR) is 108 cm³/mol. The Labute approximate surface area is 163 Å². The van der Waals surface area contributed by atoms with Crippen molar-refractivity contribution in [2.45, 2.75) is 0 Å². The van der Waals surface area contributed by atoms with Crippen LogP contribution < -0.4 is 24.8 Å². The van der Waals surface area contributed by atoms with Crippen LogP contribution in [0.1, 0.15) is 10.4 Å². The van der Waals surface area contributed by atoms with Crippen LogP contribution in [0.15, 0.2) is 60.8 Å². The minimum atomic E-state index is -0.298.